The van der Waals surface area contributed by atoms with Crippen LogP contribution in [0.1, 0.15) is 25.0 Å². The standard InChI is InChI=1S/C16H21N3S/c1-12(2)10-17-11-14-5-6-15(9-13(14)3)20-16-18-7-4-8-19-16/h4-9,12,17H,10-11H2,1-3H3. The average molecular weight is 287 g/mol. The van der Waals surface area contributed by atoms with Crippen molar-refractivity contribution in [1.82, 2.24) is 15.3 Å². The molecule has 0 atom stereocenters. The number of rotatable bonds is 6. The van der Waals surface area contributed by atoms with Crippen molar-refractivity contribution >= 4 is 11.8 Å². The highest BCUT2D eigenvalue weighted by atomic mass is 32.2. The lowest BCUT2D eigenvalue weighted by Crippen LogP contribution is -2.19. The van der Waals surface area contributed by atoms with Gasteiger partial charge in [-0.05, 0) is 60.5 Å². The van der Waals surface area contributed by atoms with Crippen LogP contribution in [-0.4, -0.2) is 16.5 Å². The molecule has 0 aliphatic rings. The first-order valence-electron chi connectivity index (χ1n) is 6.90. The van der Waals surface area contributed by atoms with E-state index in [4.69, 9.17) is 0 Å². The van der Waals surface area contributed by atoms with E-state index in [2.05, 4.69) is 54.3 Å². The molecular formula is C16H21N3S. The lowest BCUT2D eigenvalue weighted by Gasteiger charge is -2.11. The summed E-state index contributed by atoms with van der Waals surface area (Å²) in [4.78, 5) is 9.65. The van der Waals surface area contributed by atoms with Gasteiger partial charge in [0.1, 0.15) is 0 Å². The van der Waals surface area contributed by atoms with Gasteiger partial charge in [-0.25, -0.2) is 9.97 Å². The van der Waals surface area contributed by atoms with Crippen LogP contribution in [0.25, 0.3) is 0 Å². The third-order valence-electron chi connectivity index (χ3n) is 2.93. The molecule has 0 saturated heterocycles. The zero-order valence-corrected chi connectivity index (χ0v) is 13.1. The van der Waals surface area contributed by atoms with Crippen LogP contribution < -0.4 is 5.32 Å². The molecule has 20 heavy (non-hydrogen) atoms. The zero-order valence-electron chi connectivity index (χ0n) is 12.3. The Kier molecular flexibility index (Phi) is 5.56. The van der Waals surface area contributed by atoms with Crippen LogP contribution in [-0.2, 0) is 6.54 Å². The molecule has 2 aromatic rings. The van der Waals surface area contributed by atoms with Crippen molar-refractivity contribution in [3.8, 4) is 0 Å². The van der Waals surface area contributed by atoms with Crippen LogP contribution in [0.3, 0.4) is 0 Å². The van der Waals surface area contributed by atoms with Gasteiger partial charge in [-0.1, -0.05) is 19.9 Å². The monoisotopic (exact) mass is 287 g/mol. The Bertz CT molecular complexity index is 541. The molecule has 4 heteroatoms. The number of nitrogens with zero attached hydrogens (tertiary/aromatic N) is 2. The third-order valence-corrected chi connectivity index (χ3v) is 3.82. The Hall–Kier alpha value is -1.39. The summed E-state index contributed by atoms with van der Waals surface area (Å²) in [7, 11) is 0. The first-order chi connectivity index (χ1) is 9.65. The first-order valence-corrected chi connectivity index (χ1v) is 7.72. The summed E-state index contributed by atoms with van der Waals surface area (Å²) in [5.41, 5.74) is 2.66. The Morgan fingerprint density at radius 2 is 1.95 bits per heavy atom. The summed E-state index contributed by atoms with van der Waals surface area (Å²) in [5, 5.41) is 4.27. The number of hydrogen-bond acceptors (Lipinski definition) is 4. The highest BCUT2D eigenvalue weighted by Crippen LogP contribution is 2.26. The number of aryl methyl sites for hydroxylation is 1. The van der Waals surface area contributed by atoms with Crippen molar-refractivity contribution in [2.24, 2.45) is 5.92 Å². The molecule has 0 aliphatic carbocycles. The second-order valence-corrected chi connectivity index (χ2v) is 6.29. The zero-order chi connectivity index (χ0) is 14.4. The molecule has 2 rings (SSSR count). The summed E-state index contributed by atoms with van der Waals surface area (Å²) in [5.74, 6) is 0.681. The molecule has 0 fully saturated rings. The van der Waals surface area contributed by atoms with Crippen molar-refractivity contribution in [1.29, 1.82) is 0 Å². The van der Waals surface area contributed by atoms with Gasteiger partial charge in [-0.3, -0.25) is 0 Å². The van der Waals surface area contributed by atoms with E-state index < -0.39 is 0 Å². The summed E-state index contributed by atoms with van der Waals surface area (Å²) in [6, 6.07) is 8.36. The van der Waals surface area contributed by atoms with E-state index >= 15 is 0 Å². The summed E-state index contributed by atoms with van der Waals surface area (Å²) < 4.78 is 0. The molecule has 0 radical (unpaired) electrons. The topological polar surface area (TPSA) is 37.8 Å². The number of aromatic nitrogens is 2. The van der Waals surface area contributed by atoms with E-state index in [0.29, 0.717) is 5.92 Å². The molecule has 1 aromatic carbocycles. The van der Waals surface area contributed by atoms with Crippen molar-refractivity contribution in [2.75, 3.05) is 6.54 Å². The molecule has 106 valence electrons. The molecule has 1 aromatic heterocycles. The molecular weight excluding hydrogens is 266 g/mol. The summed E-state index contributed by atoms with van der Waals surface area (Å²) >= 11 is 1.60. The number of benzene rings is 1. The minimum Gasteiger partial charge on any atom is -0.312 e. The maximum Gasteiger partial charge on any atom is 0.192 e. The summed E-state index contributed by atoms with van der Waals surface area (Å²) in [6.45, 7) is 8.58. The fourth-order valence-electron chi connectivity index (χ4n) is 1.87. The minimum absolute atomic E-state index is 0.681. The molecule has 0 amide bonds. The van der Waals surface area contributed by atoms with E-state index in [1.165, 1.54) is 16.0 Å². The normalized spacial score (nSPS) is 11.0. The van der Waals surface area contributed by atoms with E-state index in [9.17, 15) is 0 Å². The highest BCUT2D eigenvalue weighted by molar-refractivity contribution is 7.99. The Labute approximate surface area is 125 Å². The molecule has 0 spiro atoms. The minimum atomic E-state index is 0.681. The van der Waals surface area contributed by atoms with Crippen molar-refractivity contribution in [3.05, 3.63) is 47.8 Å². The molecule has 1 N–H and O–H groups in total. The Balaban J connectivity index is 1.98. The SMILES string of the molecule is Cc1cc(Sc2ncccn2)ccc1CNCC(C)C. The molecule has 0 bridgehead atoms. The van der Waals surface area contributed by atoms with Gasteiger partial charge in [-0.2, -0.15) is 0 Å². The summed E-state index contributed by atoms with van der Waals surface area (Å²) in [6.07, 6.45) is 3.54. The van der Waals surface area contributed by atoms with Crippen molar-refractivity contribution in [3.63, 3.8) is 0 Å². The van der Waals surface area contributed by atoms with Gasteiger partial charge in [0.15, 0.2) is 5.16 Å². The highest BCUT2D eigenvalue weighted by Gasteiger charge is 2.03. The number of nitrogens with one attached hydrogen (secondary N) is 1. The second kappa shape index (κ2) is 7.41. The van der Waals surface area contributed by atoms with Crippen LogP contribution in [0.4, 0.5) is 0 Å². The van der Waals surface area contributed by atoms with E-state index in [-0.39, 0.29) is 0 Å². The molecule has 0 saturated carbocycles. The Morgan fingerprint density at radius 3 is 2.60 bits per heavy atom. The molecule has 3 nitrogen and oxygen atoms in total. The molecule has 0 unspecified atom stereocenters. The van der Waals surface area contributed by atoms with E-state index in [1.807, 2.05) is 6.07 Å². The van der Waals surface area contributed by atoms with Gasteiger partial charge in [0.2, 0.25) is 0 Å². The first kappa shape index (κ1) is 15.0. The van der Waals surface area contributed by atoms with E-state index in [1.54, 1.807) is 24.2 Å². The van der Waals surface area contributed by atoms with Gasteiger partial charge in [0.05, 0.1) is 0 Å². The predicted octanol–water partition coefficient (Wildman–Crippen LogP) is 3.68. The van der Waals surface area contributed by atoms with Gasteiger partial charge < -0.3 is 5.32 Å². The lowest BCUT2D eigenvalue weighted by atomic mass is 10.1. The van der Waals surface area contributed by atoms with Crippen molar-refractivity contribution in [2.45, 2.75) is 37.4 Å². The smallest absolute Gasteiger partial charge is 0.192 e. The second-order valence-electron chi connectivity index (χ2n) is 5.25. The van der Waals surface area contributed by atoms with E-state index in [0.717, 1.165) is 18.2 Å². The largest absolute Gasteiger partial charge is 0.312 e. The van der Waals surface area contributed by atoms with Gasteiger partial charge in [-0.15, -0.1) is 0 Å². The van der Waals surface area contributed by atoms with Crippen LogP contribution in [0.2, 0.25) is 0 Å². The van der Waals surface area contributed by atoms with Gasteiger partial charge >= 0.3 is 0 Å². The van der Waals surface area contributed by atoms with Crippen LogP contribution in [0, 0.1) is 12.8 Å². The van der Waals surface area contributed by atoms with Crippen LogP contribution in [0.5, 0.6) is 0 Å². The maximum atomic E-state index is 4.23. The van der Waals surface area contributed by atoms with Gasteiger partial charge in [0.25, 0.3) is 0 Å². The quantitative estimate of drug-likeness (QED) is 0.822. The maximum absolute atomic E-state index is 4.23. The third kappa shape index (κ3) is 4.62. The Morgan fingerprint density at radius 1 is 1.20 bits per heavy atom. The van der Waals surface area contributed by atoms with Gasteiger partial charge in [0, 0.05) is 23.8 Å². The molecule has 0 aliphatic heterocycles. The predicted molar refractivity (Wildman–Crippen MR) is 83.9 cm³/mol. The fourth-order valence-corrected chi connectivity index (χ4v) is 2.68. The van der Waals surface area contributed by atoms with Crippen LogP contribution >= 0.6 is 11.8 Å². The van der Waals surface area contributed by atoms with Crippen molar-refractivity contribution < 1.29 is 0 Å². The molecule has 1 heterocycles. The lowest BCUT2D eigenvalue weighted by molar-refractivity contribution is 0.551. The fraction of sp³-hybridized carbons (Fsp3) is 0.375. The average Bonchev–Trinajstić information content (AvgIpc) is 2.42. The number of hydrogen-bond donors (Lipinski definition) is 1. The van der Waals surface area contributed by atoms with Crippen LogP contribution in [0.15, 0.2) is 46.7 Å².